The van der Waals surface area contributed by atoms with E-state index in [2.05, 4.69) is 228 Å². The summed E-state index contributed by atoms with van der Waals surface area (Å²) in [6.07, 6.45) is 30.3. The molecule has 2 nitrogen and oxygen atoms in total. The van der Waals surface area contributed by atoms with E-state index in [1.807, 2.05) is 0 Å². The third-order valence-corrected chi connectivity index (χ3v) is 14.1. The van der Waals surface area contributed by atoms with Crippen molar-refractivity contribution in [3.8, 4) is 16.8 Å². The van der Waals surface area contributed by atoms with Gasteiger partial charge in [-0.3, -0.25) is 0 Å². The van der Waals surface area contributed by atoms with Gasteiger partial charge in [0, 0.05) is 46.8 Å². The largest absolute Gasteiger partial charge is 0.360 e. The van der Waals surface area contributed by atoms with Crippen molar-refractivity contribution in [1.29, 1.82) is 0 Å². The number of fused-ring (bicyclic) bond motifs is 6. The third-order valence-electron chi connectivity index (χ3n) is 14.1. The molecule has 4 atom stereocenters. The van der Waals surface area contributed by atoms with Crippen LogP contribution in [-0.2, 0) is 13.0 Å². The van der Waals surface area contributed by atoms with Crippen LogP contribution in [0.25, 0.3) is 44.9 Å². The minimum atomic E-state index is 0.294. The summed E-state index contributed by atoms with van der Waals surface area (Å²) in [5, 5.41) is 1.36. The zero-order valence-electron chi connectivity index (χ0n) is 35.5. The molecule has 4 aliphatic carbocycles. The van der Waals surface area contributed by atoms with Crippen molar-refractivity contribution in [3.63, 3.8) is 0 Å². The summed E-state index contributed by atoms with van der Waals surface area (Å²) in [5.74, 6) is 1.05. The minimum absolute atomic E-state index is 0.294. The first-order valence-electron chi connectivity index (χ1n) is 22.9. The van der Waals surface area contributed by atoms with Crippen LogP contribution in [0.3, 0.4) is 0 Å². The number of aromatic nitrogens is 1. The molecule has 304 valence electrons. The molecule has 0 fully saturated rings. The van der Waals surface area contributed by atoms with E-state index < -0.39 is 0 Å². The van der Waals surface area contributed by atoms with Crippen molar-refractivity contribution in [1.82, 2.24) is 4.57 Å². The minimum Gasteiger partial charge on any atom is -0.360 e. The Morgan fingerprint density at radius 3 is 2.24 bits per heavy atom. The lowest BCUT2D eigenvalue weighted by molar-refractivity contribution is 0.654. The van der Waals surface area contributed by atoms with Gasteiger partial charge in [0.15, 0.2) is 0 Å². The Hall–Kier alpha value is -7.16. The van der Waals surface area contributed by atoms with Gasteiger partial charge in [-0.2, -0.15) is 0 Å². The average Bonchev–Trinajstić information content (AvgIpc) is 3.86. The van der Waals surface area contributed by atoms with Gasteiger partial charge in [0.1, 0.15) is 0 Å². The van der Waals surface area contributed by atoms with Gasteiger partial charge in [0.05, 0.1) is 11.6 Å². The topological polar surface area (TPSA) is 8.17 Å². The summed E-state index contributed by atoms with van der Waals surface area (Å²) < 4.78 is 2.51. The highest BCUT2D eigenvalue weighted by atomic mass is 15.2. The first-order valence-corrected chi connectivity index (χ1v) is 22.9. The predicted molar refractivity (Wildman–Crippen MR) is 265 cm³/mol. The maximum absolute atomic E-state index is 2.63. The van der Waals surface area contributed by atoms with Gasteiger partial charge in [0.2, 0.25) is 0 Å². The number of anilines is 1. The molecule has 2 heterocycles. The lowest BCUT2D eigenvalue weighted by atomic mass is 9.81. The number of nitrogens with zero attached hydrogens (tertiary/aromatic N) is 2. The summed E-state index contributed by atoms with van der Waals surface area (Å²) >= 11 is 0. The third kappa shape index (κ3) is 6.91. The van der Waals surface area contributed by atoms with Crippen LogP contribution in [0.1, 0.15) is 70.2 Å². The summed E-state index contributed by atoms with van der Waals surface area (Å²) in [5.41, 5.74) is 19.9. The van der Waals surface area contributed by atoms with Crippen LogP contribution in [0.5, 0.6) is 0 Å². The number of benzene rings is 6. The molecule has 63 heavy (non-hydrogen) atoms. The zero-order valence-corrected chi connectivity index (χ0v) is 35.5. The molecule has 6 aromatic carbocycles. The number of hydrogen-bond donors (Lipinski definition) is 0. The lowest BCUT2D eigenvalue weighted by Gasteiger charge is -2.31. The first kappa shape index (κ1) is 37.6. The van der Waals surface area contributed by atoms with Crippen molar-refractivity contribution >= 4 is 33.8 Å². The quantitative estimate of drug-likeness (QED) is 0.148. The fourth-order valence-electron chi connectivity index (χ4n) is 11.0. The maximum atomic E-state index is 2.63. The smallest absolute Gasteiger partial charge is 0.0584 e. The van der Waals surface area contributed by atoms with Crippen molar-refractivity contribution in [2.45, 2.75) is 50.1 Å². The van der Waals surface area contributed by atoms with E-state index >= 15 is 0 Å². The number of aryl methyl sites for hydroxylation is 1. The second-order valence-electron chi connectivity index (χ2n) is 17.9. The highest BCUT2D eigenvalue weighted by Crippen LogP contribution is 2.48. The van der Waals surface area contributed by atoms with Gasteiger partial charge >= 0.3 is 0 Å². The number of rotatable bonds is 8. The van der Waals surface area contributed by atoms with Gasteiger partial charge in [0.25, 0.3) is 0 Å². The molecule has 2 heteroatoms. The van der Waals surface area contributed by atoms with E-state index in [0.29, 0.717) is 23.8 Å². The Balaban J connectivity index is 0.930. The first-order chi connectivity index (χ1) is 31.2. The number of hydrogen-bond acceptors (Lipinski definition) is 1. The summed E-state index contributed by atoms with van der Waals surface area (Å²) in [6.45, 7) is 0.892. The van der Waals surface area contributed by atoms with Crippen molar-refractivity contribution in [2.24, 2.45) is 5.92 Å². The molecule has 1 aliphatic heterocycles. The Morgan fingerprint density at radius 2 is 1.40 bits per heavy atom. The molecule has 0 amide bonds. The Bertz CT molecular complexity index is 3100. The molecule has 0 N–H and O–H groups in total. The molecule has 0 saturated carbocycles. The summed E-state index contributed by atoms with van der Waals surface area (Å²) in [7, 11) is 0. The Morgan fingerprint density at radius 1 is 0.603 bits per heavy atom. The highest BCUT2D eigenvalue weighted by molar-refractivity contribution is 5.95. The molecule has 0 saturated heterocycles. The zero-order chi connectivity index (χ0) is 41.7. The molecule has 0 bridgehead atoms. The fourth-order valence-corrected chi connectivity index (χ4v) is 11.0. The standard InChI is InChI=1S/C61H50N2/c1-5-16-42(17-6-1)41-62-58-31-28-47(43-18-7-2-8-19-43)38-56(58)57-40-48(29-32-59(57)62)49-30-33-61-55(39-49)54-26-13-14-27-60(54)63(61)53-25-15-24-46(37-53)52-35-50(44-20-9-3-10-21-44)34-51(36-52)45-22-11-4-12-23-45/h1-12,14-18,20-25,27-33,35-40,43,50,56,58H,13,19,26,34,41H2/t43-,50?,56?,58?/m0/s1. The van der Waals surface area contributed by atoms with Crippen molar-refractivity contribution < 1.29 is 0 Å². The molecule has 12 rings (SSSR count). The average molecular weight is 811 g/mol. The van der Waals surface area contributed by atoms with Crippen LogP contribution >= 0.6 is 0 Å². The van der Waals surface area contributed by atoms with Crippen LogP contribution in [0.4, 0.5) is 5.69 Å². The summed E-state index contributed by atoms with van der Waals surface area (Å²) in [4.78, 5) is 2.63. The van der Waals surface area contributed by atoms with Crippen LogP contribution in [0.2, 0.25) is 0 Å². The maximum Gasteiger partial charge on any atom is 0.0584 e. The van der Waals surface area contributed by atoms with E-state index in [4.69, 9.17) is 0 Å². The Kier molecular flexibility index (Phi) is 9.52. The monoisotopic (exact) mass is 810 g/mol. The molecular weight excluding hydrogens is 761 g/mol. The van der Waals surface area contributed by atoms with Crippen LogP contribution in [0.15, 0.2) is 218 Å². The molecule has 7 aromatic rings. The van der Waals surface area contributed by atoms with Crippen LogP contribution in [0, 0.1) is 5.92 Å². The van der Waals surface area contributed by atoms with Gasteiger partial charge in [-0.05, 0) is 129 Å². The molecule has 3 unspecified atom stereocenters. The molecular formula is C61H50N2. The van der Waals surface area contributed by atoms with E-state index in [9.17, 15) is 0 Å². The Labute approximate surface area is 371 Å². The molecule has 0 radical (unpaired) electrons. The second kappa shape index (κ2) is 15.9. The van der Waals surface area contributed by atoms with Gasteiger partial charge in [-0.1, -0.05) is 176 Å². The lowest BCUT2D eigenvalue weighted by Crippen LogP contribution is -2.33. The van der Waals surface area contributed by atoms with Crippen LogP contribution < -0.4 is 4.90 Å². The normalized spacial score (nSPS) is 20.8. The van der Waals surface area contributed by atoms with Gasteiger partial charge in [-0.15, -0.1) is 0 Å². The van der Waals surface area contributed by atoms with E-state index in [-0.39, 0.29) is 0 Å². The van der Waals surface area contributed by atoms with Crippen LogP contribution in [-0.4, -0.2) is 10.6 Å². The van der Waals surface area contributed by atoms with Crippen molar-refractivity contribution in [2.75, 3.05) is 4.90 Å². The molecule has 1 aromatic heterocycles. The predicted octanol–water partition coefficient (Wildman–Crippen LogP) is 15.0. The summed E-state index contributed by atoms with van der Waals surface area (Å²) in [6, 6.07) is 56.9. The molecule has 0 spiro atoms. The fraction of sp³-hybridized carbons (Fsp3) is 0.148. The van der Waals surface area contributed by atoms with E-state index in [1.54, 1.807) is 0 Å². The van der Waals surface area contributed by atoms with E-state index in [0.717, 1.165) is 32.2 Å². The number of allylic oxidation sites excluding steroid dienone is 11. The van der Waals surface area contributed by atoms with Gasteiger partial charge < -0.3 is 9.47 Å². The van der Waals surface area contributed by atoms with Gasteiger partial charge in [-0.25, -0.2) is 0 Å². The highest BCUT2D eigenvalue weighted by Gasteiger charge is 2.38. The van der Waals surface area contributed by atoms with Crippen molar-refractivity contribution in [3.05, 3.63) is 257 Å². The SMILES string of the molecule is C1=CC[C@@H](C2=CC3c4cc(-c5ccc6c(c5)c5c(n6-c6cccc(C7=CC(c8ccccc8)CC(c8ccccc8)=C7)c6)C=CCC5)ccc4N(Cc4ccccc4)C3C=C2)C=C1. The van der Waals surface area contributed by atoms with E-state index in [1.165, 1.54) is 89.2 Å². The second-order valence-corrected chi connectivity index (χ2v) is 17.9. The molecule has 5 aliphatic rings.